The van der Waals surface area contributed by atoms with Crippen molar-refractivity contribution in [1.82, 2.24) is 9.47 Å². The first kappa shape index (κ1) is 37.4. The van der Waals surface area contributed by atoms with E-state index in [1.807, 2.05) is 13.8 Å². The summed E-state index contributed by atoms with van der Waals surface area (Å²) in [5.74, 6) is 0.284. The van der Waals surface area contributed by atoms with Crippen molar-refractivity contribution in [3.05, 3.63) is 197 Å². The van der Waals surface area contributed by atoms with Crippen LogP contribution in [0.1, 0.15) is 82.3 Å². The molecule has 0 spiro atoms. The monoisotopic (exact) mass is 697 g/mol. The number of para-hydroxylation sites is 1. The number of aryl methyl sites for hydroxylation is 1. The fourth-order valence-corrected chi connectivity index (χ4v) is 8.10. The highest BCUT2D eigenvalue weighted by atomic mass is 15.2. The molecule has 1 aliphatic heterocycles. The standard InChI is InChI=1S/C48H49N3.C2H6/c1-5-18-45-40(7-3)41-23-11-14-26-46(41)50(45)34(4)31-35(6-2)29-30-37(36-19-9-8-10-20-36)33-44(49)38-21-17-22-39(32-38)51-47-27-15-12-24-42(47)43-25-13-16-28-48(43)51;1-2/h5-12,15-24,27-33,40,44-45H,3,13-14,25-26,49H2,1-2,4H3;1-2H3/b18-5-,30-29-,34-31+,35-6-,37-33+;. The van der Waals surface area contributed by atoms with Crippen LogP contribution in [-0.4, -0.2) is 15.5 Å². The van der Waals surface area contributed by atoms with Crippen molar-refractivity contribution in [2.75, 3.05) is 0 Å². The van der Waals surface area contributed by atoms with Crippen LogP contribution in [0, 0.1) is 5.92 Å². The van der Waals surface area contributed by atoms with Gasteiger partial charge in [0.1, 0.15) is 0 Å². The lowest BCUT2D eigenvalue weighted by molar-refractivity contribution is 0.358. The number of hydrogen-bond acceptors (Lipinski definition) is 2. The largest absolute Gasteiger partial charge is 0.341 e. The lowest BCUT2D eigenvalue weighted by atomic mass is 9.91. The molecule has 2 aliphatic carbocycles. The minimum Gasteiger partial charge on any atom is -0.341 e. The van der Waals surface area contributed by atoms with Gasteiger partial charge < -0.3 is 15.2 Å². The van der Waals surface area contributed by atoms with E-state index in [1.165, 1.54) is 39.1 Å². The van der Waals surface area contributed by atoms with E-state index >= 15 is 0 Å². The number of fused-ring (bicyclic) bond motifs is 3. The van der Waals surface area contributed by atoms with Crippen LogP contribution in [0.25, 0.3) is 28.2 Å². The van der Waals surface area contributed by atoms with E-state index in [4.69, 9.17) is 5.73 Å². The average molecular weight is 698 g/mol. The van der Waals surface area contributed by atoms with Gasteiger partial charge in [0.2, 0.25) is 0 Å². The summed E-state index contributed by atoms with van der Waals surface area (Å²) in [6, 6.07) is 28.0. The van der Waals surface area contributed by atoms with Crippen molar-refractivity contribution < 1.29 is 0 Å². The van der Waals surface area contributed by atoms with E-state index in [2.05, 4.69) is 189 Å². The van der Waals surface area contributed by atoms with E-state index in [9.17, 15) is 0 Å². The van der Waals surface area contributed by atoms with Gasteiger partial charge in [0, 0.05) is 40.1 Å². The number of allylic oxidation sites excluding steroid dienone is 12. The summed E-state index contributed by atoms with van der Waals surface area (Å²) in [6.07, 6.45) is 31.2. The number of aromatic nitrogens is 1. The van der Waals surface area contributed by atoms with Crippen LogP contribution >= 0.6 is 0 Å². The Morgan fingerprint density at radius 1 is 0.887 bits per heavy atom. The van der Waals surface area contributed by atoms with Gasteiger partial charge in [-0.1, -0.05) is 135 Å². The zero-order valence-corrected chi connectivity index (χ0v) is 32.2. The first-order valence-corrected chi connectivity index (χ1v) is 19.4. The second-order valence-corrected chi connectivity index (χ2v) is 13.7. The van der Waals surface area contributed by atoms with Gasteiger partial charge in [-0.2, -0.15) is 0 Å². The minimum absolute atomic E-state index is 0.234. The predicted molar refractivity (Wildman–Crippen MR) is 230 cm³/mol. The molecule has 0 saturated heterocycles. The maximum Gasteiger partial charge on any atom is 0.0619 e. The summed E-state index contributed by atoms with van der Waals surface area (Å²) < 4.78 is 2.40. The van der Waals surface area contributed by atoms with Crippen LogP contribution in [-0.2, 0) is 6.42 Å². The van der Waals surface area contributed by atoms with Crippen molar-refractivity contribution in [3.63, 3.8) is 0 Å². The Balaban J connectivity index is 0.00000236. The molecule has 0 amide bonds. The maximum atomic E-state index is 7.05. The van der Waals surface area contributed by atoms with Gasteiger partial charge in [-0.25, -0.2) is 0 Å². The van der Waals surface area contributed by atoms with Gasteiger partial charge in [0.05, 0.1) is 11.6 Å². The van der Waals surface area contributed by atoms with Gasteiger partial charge in [-0.3, -0.25) is 0 Å². The molecule has 3 aliphatic rings. The van der Waals surface area contributed by atoms with Crippen LogP contribution in [0.5, 0.6) is 0 Å². The third kappa shape index (κ3) is 7.72. The molecule has 3 heteroatoms. The predicted octanol–water partition coefficient (Wildman–Crippen LogP) is 12.8. The highest BCUT2D eigenvalue weighted by molar-refractivity contribution is 5.90. The molecule has 0 bridgehead atoms. The molecule has 53 heavy (non-hydrogen) atoms. The molecule has 0 radical (unpaired) electrons. The SMILES string of the molecule is C=CC1C2=C(CCC=C2)N(/C(C)=C/C(/C=C\C(=C/C(N)c2cccc(-n3c4c(c5ccccc53)CCC=C4)c2)c2ccccc2)=C\C)C1/C=C\C.CC. The molecule has 0 fully saturated rings. The molecule has 2 heterocycles. The molecule has 4 aromatic rings. The summed E-state index contributed by atoms with van der Waals surface area (Å²) in [6.45, 7) is 14.7. The van der Waals surface area contributed by atoms with E-state index in [0.29, 0.717) is 0 Å². The molecule has 1 aromatic heterocycles. The highest BCUT2D eigenvalue weighted by Crippen LogP contribution is 2.43. The Labute approximate surface area is 317 Å². The molecule has 0 saturated carbocycles. The quantitative estimate of drug-likeness (QED) is 0.132. The molecule has 270 valence electrons. The first-order valence-electron chi connectivity index (χ1n) is 19.4. The van der Waals surface area contributed by atoms with Gasteiger partial charge >= 0.3 is 0 Å². The number of nitrogens with two attached hydrogens (primary N) is 1. The number of hydrogen-bond donors (Lipinski definition) is 1. The number of benzene rings is 3. The summed E-state index contributed by atoms with van der Waals surface area (Å²) >= 11 is 0. The van der Waals surface area contributed by atoms with Crippen molar-refractivity contribution in [2.45, 2.75) is 72.4 Å². The Bertz CT molecular complexity index is 2180. The molecule has 7 rings (SSSR count). The minimum atomic E-state index is -0.295. The molecular weight excluding hydrogens is 643 g/mol. The highest BCUT2D eigenvalue weighted by Gasteiger charge is 2.37. The van der Waals surface area contributed by atoms with Crippen LogP contribution in [0.15, 0.2) is 175 Å². The topological polar surface area (TPSA) is 34.2 Å². The van der Waals surface area contributed by atoms with Crippen LogP contribution in [0.3, 0.4) is 0 Å². The Morgan fingerprint density at radius 3 is 2.42 bits per heavy atom. The summed E-state index contributed by atoms with van der Waals surface area (Å²) in [5, 5.41) is 1.34. The van der Waals surface area contributed by atoms with Crippen LogP contribution < -0.4 is 5.73 Å². The fourth-order valence-electron chi connectivity index (χ4n) is 8.10. The molecule has 3 aromatic carbocycles. The van der Waals surface area contributed by atoms with Crippen molar-refractivity contribution >= 4 is 22.6 Å². The van der Waals surface area contributed by atoms with Gasteiger partial charge in [0.15, 0.2) is 0 Å². The maximum absolute atomic E-state index is 7.05. The Kier molecular flexibility index (Phi) is 12.3. The van der Waals surface area contributed by atoms with Crippen molar-refractivity contribution in [1.29, 1.82) is 0 Å². The molecule has 3 unspecified atom stereocenters. The van der Waals surface area contributed by atoms with Crippen molar-refractivity contribution in [3.8, 4) is 5.69 Å². The molecule has 3 nitrogen and oxygen atoms in total. The fraction of sp³-hybridized carbons (Fsp3) is 0.240. The Hall–Kier alpha value is -5.38. The zero-order valence-electron chi connectivity index (χ0n) is 32.2. The first-order chi connectivity index (χ1) is 26.0. The van der Waals surface area contributed by atoms with E-state index < -0.39 is 0 Å². The smallest absolute Gasteiger partial charge is 0.0619 e. The lowest BCUT2D eigenvalue weighted by Crippen LogP contribution is -2.30. The van der Waals surface area contributed by atoms with E-state index in [1.54, 1.807) is 0 Å². The number of nitrogens with zero attached hydrogens (tertiary/aromatic N) is 2. The van der Waals surface area contributed by atoms with E-state index in [-0.39, 0.29) is 18.0 Å². The van der Waals surface area contributed by atoms with Gasteiger partial charge in [-0.05, 0) is 110 Å². The molecular formula is C50H55N3. The van der Waals surface area contributed by atoms with E-state index in [0.717, 1.165) is 53.6 Å². The Morgan fingerprint density at radius 2 is 1.64 bits per heavy atom. The lowest BCUT2D eigenvalue weighted by Gasteiger charge is -2.31. The summed E-state index contributed by atoms with van der Waals surface area (Å²) in [4.78, 5) is 2.53. The molecule has 3 atom stereocenters. The average Bonchev–Trinajstić information content (AvgIpc) is 3.72. The second kappa shape index (κ2) is 17.4. The zero-order chi connectivity index (χ0) is 37.3. The summed E-state index contributed by atoms with van der Waals surface area (Å²) in [7, 11) is 0. The van der Waals surface area contributed by atoms with Crippen molar-refractivity contribution in [2.24, 2.45) is 11.7 Å². The molecule has 2 N–H and O–H groups in total. The normalized spacial score (nSPS) is 19.5. The van der Waals surface area contributed by atoms with Crippen LogP contribution in [0.2, 0.25) is 0 Å². The van der Waals surface area contributed by atoms with Crippen LogP contribution in [0.4, 0.5) is 0 Å². The second-order valence-electron chi connectivity index (χ2n) is 13.7. The van der Waals surface area contributed by atoms with Gasteiger partial charge in [0.25, 0.3) is 0 Å². The van der Waals surface area contributed by atoms with Gasteiger partial charge in [-0.15, -0.1) is 6.58 Å². The number of rotatable bonds is 10. The summed E-state index contributed by atoms with van der Waals surface area (Å²) in [5.41, 5.74) is 20.6. The third-order valence-corrected chi connectivity index (χ3v) is 10.5. The third-order valence-electron chi connectivity index (χ3n) is 10.5.